The summed E-state index contributed by atoms with van der Waals surface area (Å²) < 4.78 is 15.7. The number of fused-ring (bicyclic) bond motifs is 1. The van der Waals surface area contributed by atoms with Crippen LogP contribution in [0.4, 0.5) is 5.69 Å². The second-order valence-electron chi connectivity index (χ2n) is 10.7. The van der Waals surface area contributed by atoms with Gasteiger partial charge in [0.15, 0.2) is 4.80 Å². The maximum atomic E-state index is 14.4. The highest BCUT2D eigenvalue weighted by Gasteiger charge is 2.32. The molecule has 5 aromatic rings. The van der Waals surface area contributed by atoms with Gasteiger partial charge in [0.25, 0.3) is 11.5 Å². The Morgan fingerprint density at radius 3 is 2.52 bits per heavy atom. The molecular formula is C36H27BrCl2IN3O4S. The summed E-state index contributed by atoms with van der Waals surface area (Å²) in [6.45, 7) is 4.43. The lowest BCUT2D eigenvalue weighted by Crippen LogP contribution is -2.40. The zero-order valence-electron chi connectivity index (χ0n) is 25.6. The van der Waals surface area contributed by atoms with Gasteiger partial charge in [-0.2, -0.15) is 0 Å². The molecule has 6 rings (SSSR count). The number of carbonyl (C=O) groups excluding carboxylic acids is 1. The average molecular weight is 875 g/mol. The summed E-state index contributed by atoms with van der Waals surface area (Å²) in [5, 5.41) is 4.02. The minimum Gasteiger partial charge on any atom is -0.494 e. The van der Waals surface area contributed by atoms with Gasteiger partial charge in [-0.05, 0) is 96.6 Å². The Hall–Kier alpha value is -3.42. The summed E-state index contributed by atoms with van der Waals surface area (Å²) in [7, 11) is 0. The molecule has 1 aromatic heterocycles. The Bertz CT molecular complexity index is 2240. The monoisotopic (exact) mass is 873 g/mol. The van der Waals surface area contributed by atoms with E-state index in [0.717, 1.165) is 19.2 Å². The molecule has 1 aliphatic rings. The predicted octanol–water partition coefficient (Wildman–Crippen LogP) is 8.53. The lowest BCUT2D eigenvalue weighted by molar-refractivity contribution is -0.113. The molecule has 1 N–H and O–H groups in total. The molecule has 2 heterocycles. The van der Waals surface area contributed by atoms with Gasteiger partial charge in [-0.25, -0.2) is 4.99 Å². The zero-order chi connectivity index (χ0) is 33.9. The van der Waals surface area contributed by atoms with Crippen LogP contribution in [-0.4, -0.2) is 17.1 Å². The first-order chi connectivity index (χ1) is 23.1. The first-order valence-electron chi connectivity index (χ1n) is 14.8. The number of halogens is 4. The lowest BCUT2D eigenvalue weighted by Gasteiger charge is -2.25. The number of anilines is 1. The number of aromatic nitrogens is 1. The van der Waals surface area contributed by atoms with Crippen LogP contribution in [0.2, 0.25) is 10.0 Å². The third-order valence-electron chi connectivity index (χ3n) is 7.52. The first-order valence-corrected chi connectivity index (χ1v) is 18.2. The van der Waals surface area contributed by atoms with Crippen molar-refractivity contribution < 1.29 is 14.3 Å². The molecule has 1 atom stereocenters. The fraction of sp³-hybridized carbons (Fsp3) is 0.139. The molecule has 7 nitrogen and oxygen atoms in total. The number of amides is 1. The van der Waals surface area contributed by atoms with E-state index in [1.807, 2.05) is 79.7 Å². The van der Waals surface area contributed by atoms with E-state index in [1.165, 1.54) is 11.3 Å². The lowest BCUT2D eigenvalue weighted by atomic mass is 9.95. The standard InChI is InChI=1S/C36H27BrCl2IN3O4S/c1-3-46-27-13-10-21(11-14-27)32-31(34(44)42-26-7-5-4-6-8-26)20(2)41-36-43(32)35(45)30(48-36)16-23-15-24(37)17-29(40)33(23)47-19-22-9-12-25(38)18-28(22)39/h4-18,32H,3,19H2,1-2H3,(H,42,44)/b30-16-/t32-/m0/s1. The van der Waals surface area contributed by atoms with Crippen LogP contribution in [0.15, 0.2) is 110 Å². The number of nitrogens with one attached hydrogen (secondary N) is 1. The Balaban J connectivity index is 1.45. The van der Waals surface area contributed by atoms with Gasteiger partial charge in [0.2, 0.25) is 0 Å². The summed E-state index contributed by atoms with van der Waals surface area (Å²) >= 11 is 19.6. The van der Waals surface area contributed by atoms with Gasteiger partial charge in [0, 0.05) is 31.3 Å². The van der Waals surface area contributed by atoms with Crippen molar-refractivity contribution in [2.45, 2.75) is 26.5 Å². The Morgan fingerprint density at radius 2 is 1.81 bits per heavy atom. The molecule has 12 heteroatoms. The number of para-hydroxylation sites is 1. The summed E-state index contributed by atoms with van der Waals surface area (Å²) in [6, 6.07) is 25.0. The Morgan fingerprint density at radius 1 is 1.06 bits per heavy atom. The van der Waals surface area contributed by atoms with Gasteiger partial charge in [-0.3, -0.25) is 14.2 Å². The van der Waals surface area contributed by atoms with Crippen molar-refractivity contribution in [1.29, 1.82) is 0 Å². The van der Waals surface area contributed by atoms with Gasteiger partial charge >= 0.3 is 0 Å². The van der Waals surface area contributed by atoms with Crippen LogP contribution in [0, 0.1) is 3.57 Å². The van der Waals surface area contributed by atoms with Crippen LogP contribution in [0.25, 0.3) is 6.08 Å². The quantitative estimate of drug-likeness (QED) is 0.151. The fourth-order valence-corrected chi connectivity index (χ4v) is 8.54. The van der Waals surface area contributed by atoms with E-state index in [0.29, 0.717) is 60.0 Å². The molecule has 0 unspecified atom stereocenters. The van der Waals surface area contributed by atoms with E-state index in [9.17, 15) is 9.59 Å². The molecule has 0 saturated carbocycles. The Labute approximate surface area is 312 Å². The number of carbonyl (C=O) groups is 1. The molecule has 0 spiro atoms. The van der Waals surface area contributed by atoms with E-state index in [1.54, 1.807) is 29.7 Å². The molecule has 1 amide bonds. The maximum Gasteiger partial charge on any atom is 0.271 e. The Kier molecular flexibility index (Phi) is 10.8. The third-order valence-corrected chi connectivity index (χ3v) is 10.3. The van der Waals surface area contributed by atoms with Crippen LogP contribution in [0.1, 0.15) is 36.6 Å². The van der Waals surface area contributed by atoms with Crippen LogP contribution in [0.3, 0.4) is 0 Å². The zero-order valence-corrected chi connectivity index (χ0v) is 31.7. The van der Waals surface area contributed by atoms with E-state index in [4.69, 9.17) is 37.7 Å². The molecule has 0 aliphatic carbocycles. The highest BCUT2D eigenvalue weighted by atomic mass is 127. The van der Waals surface area contributed by atoms with E-state index in [-0.39, 0.29) is 18.1 Å². The van der Waals surface area contributed by atoms with Gasteiger partial charge < -0.3 is 14.8 Å². The molecule has 0 fully saturated rings. The van der Waals surface area contributed by atoms with Gasteiger partial charge in [-0.1, -0.05) is 86.9 Å². The van der Waals surface area contributed by atoms with Crippen molar-refractivity contribution in [2.24, 2.45) is 4.99 Å². The largest absolute Gasteiger partial charge is 0.494 e. The number of allylic oxidation sites excluding steroid dienone is 1. The van der Waals surface area contributed by atoms with Gasteiger partial charge in [-0.15, -0.1) is 0 Å². The molecule has 244 valence electrons. The SMILES string of the molecule is CCOc1ccc([C@H]2C(C(=O)Nc3ccccc3)=C(C)N=c3s/c(=C\c4cc(Br)cc(I)c4OCc4ccc(Cl)cc4Cl)c(=O)n32)cc1. The molecular weight excluding hydrogens is 848 g/mol. The fourth-order valence-electron chi connectivity index (χ4n) is 5.33. The number of thiazole rings is 1. The second-order valence-corrected chi connectivity index (χ2v) is 14.7. The normalized spacial score (nSPS) is 14.4. The molecule has 0 bridgehead atoms. The van der Waals surface area contributed by atoms with Gasteiger partial charge in [0.05, 0.1) is 32.0 Å². The van der Waals surface area contributed by atoms with E-state index < -0.39 is 6.04 Å². The minimum absolute atomic E-state index is 0.201. The van der Waals surface area contributed by atoms with Crippen LogP contribution in [0.5, 0.6) is 11.5 Å². The topological polar surface area (TPSA) is 81.9 Å². The molecule has 4 aromatic carbocycles. The van der Waals surface area contributed by atoms with Crippen LogP contribution in [-0.2, 0) is 11.4 Å². The number of ether oxygens (including phenoxy) is 2. The smallest absolute Gasteiger partial charge is 0.271 e. The molecule has 0 radical (unpaired) electrons. The van der Waals surface area contributed by atoms with Crippen molar-refractivity contribution in [3.63, 3.8) is 0 Å². The maximum absolute atomic E-state index is 14.4. The molecule has 0 saturated heterocycles. The number of benzene rings is 4. The van der Waals surface area contributed by atoms with Crippen molar-refractivity contribution in [2.75, 3.05) is 11.9 Å². The number of rotatable bonds is 9. The number of nitrogens with zero attached hydrogens (tertiary/aromatic N) is 2. The van der Waals surface area contributed by atoms with E-state index in [2.05, 4.69) is 43.8 Å². The average Bonchev–Trinajstić information content (AvgIpc) is 3.35. The molecule has 48 heavy (non-hydrogen) atoms. The summed E-state index contributed by atoms with van der Waals surface area (Å²) in [5.41, 5.74) is 3.48. The van der Waals surface area contributed by atoms with E-state index >= 15 is 0 Å². The van der Waals surface area contributed by atoms with Crippen molar-refractivity contribution in [1.82, 2.24) is 4.57 Å². The summed E-state index contributed by atoms with van der Waals surface area (Å²) in [5.74, 6) is 0.952. The molecule has 1 aliphatic heterocycles. The van der Waals surface area contributed by atoms with Gasteiger partial charge in [0.1, 0.15) is 18.1 Å². The second kappa shape index (κ2) is 15.0. The summed E-state index contributed by atoms with van der Waals surface area (Å²) in [6.07, 6.45) is 1.80. The van der Waals surface area contributed by atoms with Crippen molar-refractivity contribution >= 4 is 90.7 Å². The summed E-state index contributed by atoms with van der Waals surface area (Å²) in [4.78, 5) is 33.5. The number of hydrogen-bond acceptors (Lipinski definition) is 6. The number of hydrogen-bond donors (Lipinski definition) is 1. The van der Waals surface area contributed by atoms with Crippen LogP contribution < -0.4 is 29.7 Å². The third kappa shape index (κ3) is 7.42. The van der Waals surface area contributed by atoms with Crippen molar-refractivity contribution in [3.05, 3.63) is 151 Å². The van der Waals surface area contributed by atoms with Crippen molar-refractivity contribution in [3.8, 4) is 11.5 Å². The minimum atomic E-state index is -0.729. The highest BCUT2D eigenvalue weighted by Crippen LogP contribution is 2.34. The van der Waals surface area contributed by atoms with Crippen LogP contribution >= 0.6 is 73.1 Å². The predicted molar refractivity (Wildman–Crippen MR) is 204 cm³/mol. The highest BCUT2D eigenvalue weighted by molar-refractivity contribution is 14.1. The first kappa shape index (κ1) is 34.4.